The summed E-state index contributed by atoms with van der Waals surface area (Å²) < 4.78 is 25.4. The van der Waals surface area contributed by atoms with Gasteiger partial charge in [-0.1, -0.05) is 11.6 Å². The number of hydrogen-bond donors (Lipinski definition) is 0. The second-order valence-corrected chi connectivity index (χ2v) is 3.39. The van der Waals surface area contributed by atoms with E-state index >= 15 is 0 Å². The average molecular weight is 239 g/mol. The maximum Gasteiger partial charge on any atom is 0.165 e. The highest BCUT2D eigenvalue weighted by atomic mass is 35.5. The summed E-state index contributed by atoms with van der Waals surface area (Å²) in [5.74, 6) is -2.44. The third-order valence-electron chi connectivity index (χ3n) is 1.63. The van der Waals surface area contributed by atoms with Gasteiger partial charge < -0.3 is 0 Å². The topological polar surface area (TPSA) is 17.1 Å². The van der Waals surface area contributed by atoms with Crippen LogP contribution in [0.15, 0.2) is 12.1 Å². The molecule has 1 aromatic rings. The molecule has 0 fully saturated rings. The van der Waals surface area contributed by atoms with Crippen molar-refractivity contribution in [3.63, 3.8) is 0 Å². The number of halogens is 4. The van der Waals surface area contributed by atoms with Crippen LogP contribution in [0, 0.1) is 11.6 Å². The zero-order chi connectivity index (χ0) is 10.7. The van der Waals surface area contributed by atoms with Gasteiger partial charge in [-0.3, -0.25) is 4.79 Å². The van der Waals surface area contributed by atoms with E-state index in [4.69, 9.17) is 23.2 Å². The largest absolute Gasteiger partial charge is 0.294 e. The van der Waals surface area contributed by atoms with Crippen LogP contribution >= 0.6 is 23.2 Å². The minimum Gasteiger partial charge on any atom is -0.294 e. The van der Waals surface area contributed by atoms with Gasteiger partial charge in [-0.05, 0) is 12.1 Å². The minimum absolute atomic E-state index is 0.0359. The van der Waals surface area contributed by atoms with Crippen molar-refractivity contribution >= 4 is 29.0 Å². The van der Waals surface area contributed by atoms with Crippen LogP contribution in [0.1, 0.15) is 16.8 Å². The molecule has 0 spiro atoms. The van der Waals surface area contributed by atoms with Crippen LogP contribution in [0.5, 0.6) is 0 Å². The molecule has 14 heavy (non-hydrogen) atoms. The molecule has 0 aliphatic carbocycles. The summed E-state index contributed by atoms with van der Waals surface area (Å²) in [5, 5.41) is -0.0981. The number of rotatable bonds is 3. The Morgan fingerprint density at radius 1 is 1.29 bits per heavy atom. The molecule has 1 rings (SSSR count). The Morgan fingerprint density at radius 3 is 2.43 bits per heavy atom. The molecule has 0 N–H and O–H groups in total. The first-order chi connectivity index (χ1) is 6.56. The summed E-state index contributed by atoms with van der Waals surface area (Å²) in [7, 11) is 0. The van der Waals surface area contributed by atoms with Gasteiger partial charge in [0.25, 0.3) is 0 Å². The van der Waals surface area contributed by atoms with Crippen molar-refractivity contribution in [2.24, 2.45) is 0 Å². The van der Waals surface area contributed by atoms with E-state index < -0.39 is 17.4 Å². The number of benzene rings is 1. The van der Waals surface area contributed by atoms with Crippen molar-refractivity contribution in [2.45, 2.75) is 6.42 Å². The SMILES string of the molecule is O=C(CCCl)c1cc(F)c(F)cc1Cl. The lowest BCUT2D eigenvalue weighted by Gasteiger charge is -2.02. The summed E-state index contributed by atoms with van der Waals surface area (Å²) in [6.07, 6.45) is 0.0480. The highest BCUT2D eigenvalue weighted by Gasteiger charge is 2.14. The molecule has 0 bridgehead atoms. The first-order valence-corrected chi connectivity index (χ1v) is 4.71. The van der Waals surface area contributed by atoms with Crippen LogP contribution in [0.25, 0.3) is 0 Å². The van der Waals surface area contributed by atoms with E-state index in [1.807, 2.05) is 0 Å². The van der Waals surface area contributed by atoms with E-state index in [9.17, 15) is 13.6 Å². The van der Waals surface area contributed by atoms with Crippen LogP contribution in [0.4, 0.5) is 8.78 Å². The van der Waals surface area contributed by atoms with E-state index in [-0.39, 0.29) is 22.9 Å². The molecule has 5 heteroatoms. The molecular formula is C9H6Cl2F2O. The summed E-state index contributed by atoms with van der Waals surface area (Å²) in [5.41, 5.74) is -0.0359. The maximum atomic E-state index is 12.7. The van der Waals surface area contributed by atoms with Crippen LogP contribution in [-0.2, 0) is 0 Å². The predicted octanol–water partition coefficient (Wildman–Crippen LogP) is 3.43. The van der Waals surface area contributed by atoms with Gasteiger partial charge in [-0.15, -0.1) is 11.6 Å². The number of alkyl halides is 1. The van der Waals surface area contributed by atoms with E-state index in [2.05, 4.69) is 0 Å². The molecule has 0 saturated carbocycles. The van der Waals surface area contributed by atoms with Crippen LogP contribution in [-0.4, -0.2) is 11.7 Å². The van der Waals surface area contributed by atoms with Crippen molar-refractivity contribution in [2.75, 3.05) is 5.88 Å². The number of ketones is 1. The molecule has 0 heterocycles. The molecule has 0 radical (unpaired) electrons. The van der Waals surface area contributed by atoms with Crippen LogP contribution in [0.2, 0.25) is 5.02 Å². The van der Waals surface area contributed by atoms with Crippen molar-refractivity contribution in [3.8, 4) is 0 Å². The molecule has 0 unspecified atom stereocenters. The Hall–Kier alpha value is -0.670. The van der Waals surface area contributed by atoms with Crippen molar-refractivity contribution in [1.29, 1.82) is 0 Å². The second-order valence-electron chi connectivity index (χ2n) is 2.61. The summed E-state index contributed by atoms with van der Waals surface area (Å²) in [6, 6.07) is 1.56. The number of Topliss-reactive ketones (excluding diaryl/α,β-unsaturated/α-hetero) is 1. The Morgan fingerprint density at radius 2 is 1.86 bits per heavy atom. The normalized spacial score (nSPS) is 10.3. The lowest BCUT2D eigenvalue weighted by molar-refractivity contribution is 0.0989. The quantitative estimate of drug-likeness (QED) is 0.448. The van der Waals surface area contributed by atoms with Gasteiger partial charge in [-0.2, -0.15) is 0 Å². The van der Waals surface area contributed by atoms with Gasteiger partial charge >= 0.3 is 0 Å². The Labute approximate surface area is 89.6 Å². The molecule has 0 aromatic heterocycles. The molecule has 76 valence electrons. The Balaban J connectivity index is 3.09. The first-order valence-electron chi connectivity index (χ1n) is 3.80. The fourth-order valence-electron chi connectivity index (χ4n) is 0.957. The van der Waals surface area contributed by atoms with Gasteiger partial charge in [0.15, 0.2) is 17.4 Å². The third-order valence-corrected chi connectivity index (χ3v) is 2.13. The number of carbonyl (C=O) groups is 1. The predicted molar refractivity (Wildman–Crippen MR) is 51.0 cm³/mol. The molecule has 0 atom stereocenters. The maximum absolute atomic E-state index is 12.7. The second kappa shape index (κ2) is 4.71. The molecule has 1 aromatic carbocycles. The highest BCUT2D eigenvalue weighted by molar-refractivity contribution is 6.34. The first kappa shape index (κ1) is 11.4. The van der Waals surface area contributed by atoms with Crippen LogP contribution < -0.4 is 0 Å². The van der Waals surface area contributed by atoms with Crippen LogP contribution in [0.3, 0.4) is 0 Å². The van der Waals surface area contributed by atoms with Gasteiger partial charge in [0.1, 0.15) is 0 Å². The lowest BCUT2D eigenvalue weighted by Crippen LogP contribution is -2.02. The number of hydrogen-bond acceptors (Lipinski definition) is 1. The van der Waals surface area contributed by atoms with E-state index in [0.717, 1.165) is 12.1 Å². The third kappa shape index (κ3) is 2.42. The molecule has 0 saturated heterocycles. The fourth-order valence-corrected chi connectivity index (χ4v) is 1.38. The fraction of sp³-hybridized carbons (Fsp3) is 0.222. The van der Waals surface area contributed by atoms with E-state index in [1.165, 1.54) is 0 Å². The summed E-state index contributed by atoms with van der Waals surface area (Å²) >= 11 is 10.9. The van der Waals surface area contributed by atoms with Gasteiger partial charge in [0.05, 0.1) is 5.02 Å². The Bertz CT molecular complexity index is 366. The summed E-state index contributed by atoms with van der Waals surface area (Å²) in [4.78, 5) is 11.3. The van der Waals surface area contributed by atoms with Crippen molar-refractivity contribution in [1.82, 2.24) is 0 Å². The zero-order valence-electron chi connectivity index (χ0n) is 6.99. The van der Waals surface area contributed by atoms with E-state index in [0.29, 0.717) is 0 Å². The minimum atomic E-state index is -1.09. The van der Waals surface area contributed by atoms with Crippen molar-refractivity contribution < 1.29 is 13.6 Å². The van der Waals surface area contributed by atoms with E-state index in [1.54, 1.807) is 0 Å². The summed E-state index contributed by atoms with van der Waals surface area (Å²) in [6.45, 7) is 0. The van der Waals surface area contributed by atoms with Gasteiger partial charge in [0, 0.05) is 17.9 Å². The molecule has 1 nitrogen and oxygen atoms in total. The zero-order valence-corrected chi connectivity index (χ0v) is 8.50. The number of carbonyl (C=O) groups excluding carboxylic acids is 1. The lowest BCUT2D eigenvalue weighted by atomic mass is 10.1. The molecule has 0 amide bonds. The molecule has 0 aliphatic rings. The van der Waals surface area contributed by atoms with Crippen molar-refractivity contribution in [3.05, 3.63) is 34.4 Å². The van der Waals surface area contributed by atoms with Gasteiger partial charge in [-0.25, -0.2) is 8.78 Å². The molecule has 0 aliphatic heterocycles. The standard InChI is InChI=1S/C9H6Cl2F2O/c10-2-1-9(14)5-3-7(12)8(13)4-6(5)11/h3-4H,1-2H2. The monoisotopic (exact) mass is 238 g/mol. The smallest absolute Gasteiger partial charge is 0.165 e. The Kier molecular flexibility index (Phi) is 3.84. The highest BCUT2D eigenvalue weighted by Crippen LogP contribution is 2.21. The molecular weight excluding hydrogens is 233 g/mol. The van der Waals surface area contributed by atoms with Gasteiger partial charge in [0.2, 0.25) is 0 Å². The average Bonchev–Trinajstić information content (AvgIpc) is 2.11.